The first-order chi connectivity index (χ1) is 12.6. The van der Waals surface area contributed by atoms with Crippen molar-refractivity contribution in [1.29, 1.82) is 0 Å². The minimum atomic E-state index is -0.0800. The number of carbonyl (C=O) groups is 1. The molecule has 0 unspecified atom stereocenters. The molecule has 0 radical (unpaired) electrons. The van der Waals surface area contributed by atoms with Crippen LogP contribution in [0.4, 0.5) is 0 Å². The number of nitrogens with one attached hydrogen (secondary N) is 2. The molecular formula is C20H29Cl2N3O3. The first kappa shape index (κ1) is 26.1. The van der Waals surface area contributed by atoms with E-state index in [-0.39, 0.29) is 30.7 Å². The first-order valence-electron chi connectivity index (χ1n) is 8.72. The standard InChI is InChI=1S/C20H27N3O3.2ClH/c1-15-11-18(20(24)23-8-7-21-9-10-25-3)12-16(2)19(15)26-14-17-5-4-6-22-13-17;;/h4-6,11-13,21H,7-10,14H2,1-3H3,(H,23,24);2*1H. The van der Waals surface area contributed by atoms with Crippen molar-refractivity contribution in [1.82, 2.24) is 15.6 Å². The summed E-state index contributed by atoms with van der Waals surface area (Å²) in [6.07, 6.45) is 3.52. The molecule has 6 nitrogen and oxygen atoms in total. The van der Waals surface area contributed by atoms with Gasteiger partial charge in [-0.2, -0.15) is 0 Å². The number of methoxy groups -OCH3 is 1. The van der Waals surface area contributed by atoms with E-state index in [1.54, 1.807) is 19.5 Å². The van der Waals surface area contributed by atoms with Crippen LogP contribution in [0.15, 0.2) is 36.7 Å². The van der Waals surface area contributed by atoms with Gasteiger partial charge in [-0.1, -0.05) is 6.07 Å². The lowest BCUT2D eigenvalue weighted by Crippen LogP contribution is -2.33. The third-order valence-corrected chi connectivity index (χ3v) is 3.90. The molecule has 0 aliphatic rings. The van der Waals surface area contributed by atoms with Crippen molar-refractivity contribution in [3.63, 3.8) is 0 Å². The number of aryl methyl sites for hydroxylation is 2. The summed E-state index contributed by atoms with van der Waals surface area (Å²) in [5.41, 5.74) is 3.54. The minimum absolute atomic E-state index is 0. The van der Waals surface area contributed by atoms with Crippen LogP contribution in [-0.4, -0.2) is 44.2 Å². The van der Waals surface area contributed by atoms with E-state index in [1.807, 2.05) is 38.1 Å². The molecule has 0 atom stereocenters. The van der Waals surface area contributed by atoms with E-state index >= 15 is 0 Å². The summed E-state index contributed by atoms with van der Waals surface area (Å²) in [6.45, 7) is 7.07. The van der Waals surface area contributed by atoms with Crippen LogP contribution in [0.2, 0.25) is 0 Å². The molecule has 1 heterocycles. The summed E-state index contributed by atoms with van der Waals surface area (Å²) >= 11 is 0. The zero-order valence-electron chi connectivity index (χ0n) is 16.5. The predicted octanol–water partition coefficient (Wildman–Crippen LogP) is 3.09. The van der Waals surface area contributed by atoms with Gasteiger partial charge < -0.3 is 20.1 Å². The third-order valence-electron chi connectivity index (χ3n) is 3.90. The minimum Gasteiger partial charge on any atom is -0.488 e. The Morgan fingerprint density at radius 1 is 1.11 bits per heavy atom. The lowest BCUT2D eigenvalue weighted by atomic mass is 10.0. The lowest BCUT2D eigenvalue weighted by molar-refractivity contribution is 0.0953. The number of hydrogen-bond acceptors (Lipinski definition) is 5. The third kappa shape index (κ3) is 8.44. The first-order valence-corrected chi connectivity index (χ1v) is 8.72. The summed E-state index contributed by atoms with van der Waals surface area (Å²) in [7, 11) is 1.66. The summed E-state index contributed by atoms with van der Waals surface area (Å²) in [4.78, 5) is 16.4. The molecule has 0 fully saturated rings. The monoisotopic (exact) mass is 429 g/mol. The summed E-state index contributed by atoms with van der Waals surface area (Å²) in [6, 6.07) is 7.58. The second-order valence-corrected chi connectivity index (χ2v) is 6.09. The van der Waals surface area contributed by atoms with E-state index in [1.165, 1.54) is 0 Å². The van der Waals surface area contributed by atoms with Crippen molar-refractivity contribution < 1.29 is 14.3 Å². The fourth-order valence-electron chi connectivity index (χ4n) is 2.61. The SMILES string of the molecule is COCCNCCNC(=O)c1cc(C)c(OCc2cccnc2)c(C)c1.Cl.Cl. The Kier molecular flexibility index (Phi) is 13.2. The molecule has 1 aromatic carbocycles. The Morgan fingerprint density at radius 2 is 1.82 bits per heavy atom. The Bertz CT molecular complexity index is 692. The molecule has 0 spiro atoms. The summed E-state index contributed by atoms with van der Waals surface area (Å²) in [5, 5.41) is 6.11. The summed E-state index contributed by atoms with van der Waals surface area (Å²) in [5.74, 6) is 0.732. The molecule has 0 saturated carbocycles. The highest BCUT2D eigenvalue weighted by atomic mass is 35.5. The largest absolute Gasteiger partial charge is 0.488 e. The fraction of sp³-hybridized carbons (Fsp3) is 0.400. The van der Waals surface area contributed by atoms with Gasteiger partial charge in [0.25, 0.3) is 5.91 Å². The van der Waals surface area contributed by atoms with Gasteiger partial charge in [0, 0.05) is 50.3 Å². The molecule has 156 valence electrons. The van der Waals surface area contributed by atoms with Gasteiger partial charge in [-0.25, -0.2) is 0 Å². The lowest BCUT2D eigenvalue weighted by Gasteiger charge is -2.14. The van der Waals surface area contributed by atoms with Gasteiger partial charge in [-0.05, 0) is 43.2 Å². The predicted molar refractivity (Wildman–Crippen MR) is 116 cm³/mol. The van der Waals surface area contributed by atoms with Crippen molar-refractivity contribution in [2.45, 2.75) is 20.5 Å². The highest BCUT2D eigenvalue weighted by Crippen LogP contribution is 2.25. The van der Waals surface area contributed by atoms with Gasteiger partial charge in [0.1, 0.15) is 12.4 Å². The van der Waals surface area contributed by atoms with Gasteiger partial charge in [-0.3, -0.25) is 9.78 Å². The van der Waals surface area contributed by atoms with Crippen molar-refractivity contribution in [2.24, 2.45) is 0 Å². The van der Waals surface area contributed by atoms with Crippen LogP contribution < -0.4 is 15.4 Å². The number of hydrogen-bond donors (Lipinski definition) is 2. The van der Waals surface area contributed by atoms with Crippen LogP contribution in [0.3, 0.4) is 0 Å². The van der Waals surface area contributed by atoms with Crippen molar-refractivity contribution in [2.75, 3.05) is 33.4 Å². The van der Waals surface area contributed by atoms with E-state index < -0.39 is 0 Å². The zero-order valence-corrected chi connectivity index (χ0v) is 18.1. The van der Waals surface area contributed by atoms with Gasteiger partial charge in [0.15, 0.2) is 0 Å². The number of rotatable bonds is 10. The Morgan fingerprint density at radius 3 is 2.43 bits per heavy atom. The molecule has 8 heteroatoms. The second kappa shape index (κ2) is 14.2. The van der Waals surface area contributed by atoms with Gasteiger partial charge in [0.05, 0.1) is 6.61 Å². The average molecular weight is 430 g/mol. The number of ether oxygens (including phenoxy) is 2. The Balaban J connectivity index is 0.00000364. The maximum atomic E-state index is 12.3. The molecule has 28 heavy (non-hydrogen) atoms. The highest BCUT2D eigenvalue weighted by Gasteiger charge is 2.11. The fourth-order valence-corrected chi connectivity index (χ4v) is 2.61. The van der Waals surface area contributed by atoms with Gasteiger partial charge in [-0.15, -0.1) is 24.8 Å². The molecule has 0 aliphatic carbocycles. The molecule has 0 saturated heterocycles. The highest BCUT2D eigenvalue weighted by molar-refractivity contribution is 5.94. The normalized spacial score (nSPS) is 9.82. The number of aromatic nitrogens is 1. The van der Waals surface area contributed by atoms with Crippen molar-refractivity contribution >= 4 is 30.7 Å². The number of amides is 1. The molecule has 1 aromatic heterocycles. The van der Waals surface area contributed by atoms with E-state index in [2.05, 4.69) is 15.6 Å². The van der Waals surface area contributed by atoms with E-state index in [0.29, 0.717) is 31.9 Å². The summed E-state index contributed by atoms with van der Waals surface area (Å²) < 4.78 is 10.9. The van der Waals surface area contributed by atoms with E-state index in [4.69, 9.17) is 9.47 Å². The Hall–Kier alpha value is -1.86. The maximum absolute atomic E-state index is 12.3. The van der Waals surface area contributed by atoms with Crippen LogP contribution in [0, 0.1) is 13.8 Å². The van der Waals surface area contributed by atoms with Crippen LogP contribution in [0.25, 0.3) is 0 Å². The molecule has 2 rings (SSSR count). The van der Waals surface area contributed by atoms with Gasteiger partial charge in [0.2, 0.25) is 0 Å². The number of benzene rings is 1. The number of halogens is 2. The Labute approximate surface area is 179 Å². The number of pyridine rings is 1. The molecular weight excluding hydrogens is 401 g/mol. The topological polar surface area (TPSA) is 72.5 Å². The van der Waals surface area contributed by atoms with Crippen molar-refractivity contribution in [3.05, 3.63) is 58.9 Å². The molecule has 1 amide bonds. The van der Waals surface area contributed by atoms with Crippen LogP contribution in [-0.2, 0) is 11.3 Å². The number of carbonyl (C=O) groups excluding carboxylic acids is 1. The van der Waals surface area contributed by atoms with E-state index in [9.17, 15) is 4.79 Å². The molecule has 0 bridgehead atoms. The second-order valence-electron chi connectivity index (χ2n) is 6.09. The number of nitrogens with zero attached hydrogens (tertiary/aromatic N) is 1. The van der Waals surface area contributed by atoms with Crippen LogP contribution in [0.1, 0.15) is 27.0 Å². The zero-order chi connectivity index (χ0) is 18.8. The molecule has 2 N–H and O–H groups in total. The van der Waals surface area contributed by atoms with Crippen LogP contribution in [0.5, 0.6) is 5.75 Å². The average Bonchev–Trinajstić information content (AvgIpc) is 2.64. The van der Waals surface area contributed by atoms with E-state index in [0.717, 1.165) is 29.0 Å². The molecule has 0 aliphatic heterocycles. The quantitative estimate of drug-likeness (QED) is 0.567. The van der Waals surface area contributed by atoms with Gasteiger partial charge >= 0.3 is 0 Å². The van der Waals surface area contributed by atoms with Crippen molar-refractivity contribution in [3.8, 4) is 5.75 Å². The molecule has 2 aromatic rings. The smallest absolute Gasteiger partial charge is 0.251 e. The van der Waals surface area contributed by atoms with Crippen LogP contribution >= 0.6 is 24.8 Å². The maximum Gasteiger partial charge on any atom is 0.251 e.